The third kappa shape index (κ3) is 4.40. The van der Waals surface area contributed by atoms with Gasteiger partial charge in [-0.05, 0) is 57.6 Å². The predicted molar refractivity (Wildman–Crippen MR) is 211 cm³/mol. The lowest BCUT2D eigenvalue weighted by molar-refractivity contribution is 1.62. The van der Waals surface area contributed by atoms with Gasteiger partial charge in [-0.1, -0.05) is 109 Å². The molecule has 218 valence electrons. The molecule has 0 bridgehead atoms. The lowest BCUT2D eigenvalue weighted by Crippen LogP contribution is -1.81. The molecule has 0 unspecified atom stereocenters. The van der Waals surface area contributed by atoms with Crippen LogP contribution in [0.4, 0.5) is 0 Å². The van der Waals surface area contributed by atoms with Gasteiger partial charge in [0.1, 0.15) is 0 Å². The molecule has 0 amide bonds. The predicted octanol–water partition coefficient (Wildman–Crippen LogP) is 15.0. The van der Waals surface area contributed by atoms with Crippen LogP contribution in [0.1, 0.15) is 0 Å². The summed E-state index contributed by atoms with van der Waals surface area (Å²) in [5.41, 5.74) is 7.76. The van der Waals surface area contributed by atoms with Gasteiger partial charge in [-0.25, -0.2) is 0 Å². The standard InChI is InChI=1S/C40H22S6/c1-3-11-23(12-4-1)25-15-7-9-17-27(25)29-19-33-37(43-29)39-35(41-33)21-31(45-39)32-22-36-40(46-32)38-34(42-36)20-30(44-38)28-18-10-8-16-26(28)24-13-5-2-6-14-24/h1-22H. The molecule has 0 atom stereocenters. The molecule has 0 aliphatic rings. The van der Waals surface area contributed by atoms with E-state index in [1.54, 1.807) is 0 Å². The molecule has 0 nitrogen and oxygen atoms in total. The maximum Gasteiger partial charge on any atom is 0.0636 e. The van der Waals surface area contributed by atoms with E-state index < -0.39 is 0 Å². The van der Waals surface area contributed by atoms with Crippen molar-refractivity contribution >= 4 is 106 Å². The molecule has 0 saturated heterocycles. The third-order valence-electron chi connectivity index (χ3n) is 8.44. The number of hydrogen-bond acceptors (Lipinski definition) is 6. The molecule has 6 heteroatoms. The van der Waals surface area contributed by atoms with Crippen molar-refractivity contribution in [2.75, 3.05) is 0 Å². The highest BCUT2D eigenvalue weighted by Gasteiger charge is 2.20. The Kier molecular flexibility index (Phi) is 6.43. The summed E-state index contributed by atoms with van der Waals surface area (Å²) < 4.78 is 11.3. The molecular weight excluding hydrogens is 673 g/mol. The van der Waals surface area contributed by atoms with Gasteiger partial charge < -0.3 is 0 Å². The summed E-state index contributed by atoms with van der Waals surface area (Å²) in [7, 11) is 0. The number of rotatable bonds is 5. The van der Waals surface area contributed by atoms with E-state index in [9.17, 15) is 0 Å². The smallest absolute Gasteiger partial charge is 0.0636 e. The second kappa shape index (κ2) is 10.8. The van der Waals surface area contributed by atoms with Crippen molar-refractivity contribution in [3.63, 3.8) is 0 Å². The van der Waals surface area contributed by atoms with Crippen molar-refractivity contribution in [3.8, 4) is 52.9 Å². The average molecular weight is 695 g/mol. The van der Waals surface area contributed by atoms with Crippen LogP contribution in [-0.4, -0.2) is 0 Å². The Hall–Kier alpha value is -3.88. The van der Waals surface area contributed by atoms with Crippen molar-refractivity contribution in [1.82, 2.24) is 0 Å². The van der Waals surface area contributed by atoms with Crippen LogP contribution in [-0.2, 0) is 0 Å². The summed E-state index contributed by atoms with van der Waals surface area (Å²) in [6.45, 7) is 0. The summed E-state index contributed by atoms with van der Waals surface area (Å²) >= 11 is 11.7. The fourth-order valence-corrected chi connectivity index (χ4v) is 14.5. The number of fused-ring (bicyclic) bond motifs is 6. The van der Waals surface area contributed by atoms with Gasteiger partial charge in [-0.15, -0.1) is 68.0 Å². The minimum Gasteiger partial charge on any atom is -0.133 e. The summed E-state index contributed by atoms with van der Waals surface area (Å²) in [6.07, 6.45) is 0. The molecular formula is C40H22S6. The molecule has 0 saturated carbocycles. The Bertz CT molecular complexity index is 2500. The fourth-order valence-electron chi connectivity index (χ4n) is 6.31. The van der Waals surface area contributed by atoms with Crippen molar-refractivity contribution < 1.29 is 0 Å². The number of thiophene rings is 6. The van der Waals surface area contributed by atoms with Gasteiger partial charge in [0.05, 0.1) is 18.8 Å². The van der Waals surface area contributed by atoms with Crippen LogP contribution in [0.2, 0.25) is 0 Å². The van der Waals surface area contributed by atoms with Crippen molar-refractivity contribution in [2.24, 2.45) is 0 Å². The maximum atomic E-state index is 2.43. The summed E-state index contributed by atoms with van der Waals surface area (Å²) in [5, 5.41) is 0. The number of benzene rings is 4. The Morgan fingerprint density at radius 1 is 0.261 bits per heavy atom. The molecule has 0 N–H and O–H groups in total. The highest BCUT2D eigenvalue weighted by atomic mass is 32.1. The fraction of sp³-hybridized carbons (Fsp3) is 0. The SMILES string of the molecule is c1ccc(-c2ccccc2-c2cc3sc4cc(-c5cc6sc7cc(-c8ccccc8-c8ccccc8)sc7c6s5)sc4c3s2)cc1. The normalized spacial score (nSPS) is 11.9. The van der Waals surface area contributed by atoms with Gasteiger partial charge in [-0.3, -0.25) is 0 Å². The van der Waals surface area contributed by atoms with Crippen LogP contribution in [0.5, 0.6) is 0 Å². The Morgan fingerprint density at radius 3 is 0.957 bits per heavy atom. The molecule has 0 aliphatic heterocycles. The second-order valence-electron chi connectivity index (χ2n) is 11.2. The average Bonchev–Trinajstić information content (AvgIpc) is 3.94. The quantitative estimate of drug-likeness (QED) is 0.168. The van der Waals surface area contributed by atoms with E-state index >= 15 is 0 Å². The molecule has 0 radical (unpaired) electrons. The summed E-state index contributed by atoms with van der Waals surface area (Å²) in [6, 6.07) is 48.8. The second-order valence-corrected chi connectivity index (χ2v) is 17.6. The van der Waals surface area contributed by atoms with Crippen LogP contribution >= 0.6 is 68.0 Å². The largest absolute Gasteiger partial charge is 0.133 e. The van der Waals surface area contributed by atoms with Crippen LogP contribution in [0.15, 0.2) is 133 Å². The molecule has 4 aromatic carbocycles. The van der Waals surface area contributed by atoms with Gasteiger partial charge in [0, 0.05) is 38.3 Å². The molecule has 0 fully saturated rings. The molecule has 6 aromatic heterocycles. The minimum absolute atomic E-state index is 1.27. The molecule has 46 heavy (non-hydrogen) atoms. The molecule has 0 spiro atoms. The zero-order chi connectivity index (χ0) is 30.2. The van der Waals surface area contributed by atoms with E-state index in [2.05, 4.69) is 133 Å². The highest BCUT2D eigenvalue weighted by Crippen LogP contribution is 2.53. The highest BCUT2D eigenvalue weighted by molar-refractivity contribution is 7.42. The lowest BCUT2D eigenvalue weighted by Gasteiger charge is -2.07. The zero-order valence-electron chi connectivity index (χ0n) is 24.2. The number of hydrogen-bond donors (Lipinski definition) is 0. The molecule has 6 heterocycles. The zero-order valence-corrected chi connectivity index (χ0v) is 29.1. The summed E-state index contributed by atoms with van der Waals surface area (Å²) in [4.78, 5) is 5.46. The Morgan fingerprint density at radius 2 is 0.565 bits per heavy atom. The first kappa shape index (κ1) is 27.3. The van der Waals surface area contributed by atoms with E-state index in [4.69, 9.17) is 0 Å². The van der Waals surface area contributed by atoms with Crippen LogP contribution in [0, 0.1) is 0 Å². The van der Waals surface area contributed by atoms with Gasteiger partial charge in [0.15, 0.2) is 0 Å². The molecule has 0 aliphatic carbocycles. The van der Waals surface area contributed by atoms with Crippen LogP contribution in [0.3, 0.4) is 0 Å². The van der Waals surface area contributed by atoms with E-state index in [1.165, 1.54) is 90.5 Å². The lowest BCUT2D eigenvalue weighted by atomic mass is 9.99. The summed E-state index contributed by atoms with van der Waals surface area (Å²) in [5.74, 6) is 0. The first-order valence-electron chi connectivity index (χ1n) is 15.0. The van der Waals surface area contributed by atoms with Crippen molar-refractivity contribution in [2.45, 2.75) is 0 Å². The van der Waals surface area contributed by atoms with E-state index in [1.807, 2.05) is 68.0 Å². The van der Waals surface area contributed by atoms with E-state index in [-0.39, 0.29) is 0 Å². The maximum absolute atomic E-state index is 2.43. The first-order valence-corrected chi connectivity index (χ1v) is 19.9. The monoisotopic (exact) mass is 694 g/mol. The van der Waals surface area contributed by atoms with Crippen LogP contribution < -0.4 is 0 Å². The van der Waals surface area contributed by atoms with Gasteiger partial charge in [0.25, 0.3) is 0 Å². The van der Waals surface area contributed by atoms with E-state index in [0.29, 0.717) is 0 Å². The van der Waals surface area contributed by atoms with Crippen molar-refractivity contribution in [1.29, 1.82) is 0 Å². The van der Waals surface area contributed by atoms with E-state index in [0.717, 1.165) is 0 Å². The molecule has 10 rings (SSSR count). The first-order chi connectivity index (χ1) is 22.8. The minimum atomic E-state index is 1.27. The topological polar surface area (TPSA) is 0 Å². The van der Waals surface area contributed by atoms with Gasteiger partial charge in [-0.2, -0.15) is 0 Å². The third-order valence-corrected chi connectivity index (χ3v) is 16.3. The molecule has 10 aromatic rings. The van der Waals surface area contributed by atoms with Crippen molar-refractivity contribution in [3.05, 3.63) is 133 Å². The van der Waals surface area contributed by atoms with Gasteiger partial charge >= 0.3 is 0 Å². The Balaban J connectivity index is 1.02. The van der Waals surface area contributed by atoms with Crippen LogP contribution in [0.25, 0.3) is 90.5 Å². The Labute approximate surface area is 289 Å². The van der Waals surface area contributed by atoms with Gasteiger partial charge in [0.2, 0.25) is 0 Å².